The Balaban J connectivity index is 1.51. The summed E-state index contributed by atoms with van der Waals surface area (Å²) >= 11 is 0. The quantitative estimate of drug-likeness (QED) is 0.288. The number of amides is 1. The van der Waals surface area contributed by atoms with Crippen LogP contribution in [0.4, 0.5) is 0 Å². The van der Waals surface area contributed by atoms with Crippen molar-refractivity contribution in [3.8, 4) is 0 Å². The fourth-order valence-corrected chi connectivity index (χ4v) is 10.6. The zero-order valence-corrected chi connectivity index (χ0v) is 24.7. The zero-order valence-electron chi connectivity index (χ0n) is 23.8. The monoisotopic (exact) mass is 557 g/mol. The van der Waals surface area contributed by atoms with Crippen molar-refractivity contribution in [1.82, 2.24) is 5.32 Å². The highest BCUT2D eigenvalue weighted by Crippen LogP contribution is 2.69. The molecule has 4 aliphatic carbocycles. The van der Waals surface area contributed by atoms with Crippen LogP contribution in [-0.4, -0.2) is 64.8 Å². The third kappa shape index (κ3) is 5.19. The van der Waals surface area contributed by atoms with E-state index in [4.69, 9.17) is 4.55 Å². The van der Waals surface area contributed by atoms with Gasteiger partial charge in [0.25, 0.3) is 10.1 Å². The van der Waals surface area contributed by atoms with Crippen molar-refractivity contribution in [2.24, 2.45) is 58.2 Å². The molecule has 13 atom stereocenters. The number of aliphatic hydroxyl groups is 3. The van der Waals surface area contributed by atoms with Crippen LogP contribution < -0.4 is 5.32 Å². The second-order valence-electron chi connectivity index (χ2n) is 13.9. The van der Waals surface area contributed by atoms with Gasteiger partial charge in [0.1, 0.15) is 0 Å². The lowest BCUT2D eigenvalue weighted by molar-refractivity contribution is -0.228. The molecule has 0 aromatic rings. The van der Waals surface area contributed by atoms with Crippen LogP contribution in [0.15, 0.2) is 0 Å². The van der Waals surface area contributed by atoms with Crippen LogP contribution in [-0.2, 0) is 14.9 Å². The lowest BCUT2D eigenvalue weighted by Gasteiger charge is -2.65. The van der Waals surface area contributed by atoms with Gasteiger partial charge in [-0.2, -0.15) is 8.42 Å². The van der Waals surface area contributed by atoms with Gasteiger partial charge in [-0.3, -0.25) is 9.35 Å². The summed E-state index contributed by atoms with van der Waals surface area (Å²) in [4.78, 5) is 12.6. The molecule has 220 valence electrons. The van der Waals surface area contributed by atoms with Crippen LogP contribution in [0.2, 0.25) is 0 Å². The van der Waals surface area contributed by atoms with Crippen LogP contribution in [0, 0.1) is 58.2 Å². The number of nitrogens with one attached hydrogen (secondary N) is 1. The maximum atomic E-state index is 12.6. The van der Waals surface area contributed by atoms with E-state index in [-0.39, 0.29) is 76.7 Å². The summed E-state index contributed by atoms with van der Waals surface area (Å²) in [5.41, 5.74) is -0.317. The first-order valence-electron chi connectivity index (χ1n) is 14.9. The van der Waals surface area contributed by atoms with Gasteiger partial charge in [-0.15, -0.1) is 0 Å². The van der Waals surface area contributed by atoms with E-state index in [9.17, 15) is 28.5 Å². The van der Waals surface area contributed by atoms with Crippen LogP contribution in [0.3, 0.4) is 0 Å². The summed E-state index contributed by atoms with van der Waals surface area (Å²) in [6, 6.07) is 0. The van der Waals surface area contributed by atoms with E-state index in [0.29, 0.717) is 12.8 Å². The summed E-state index contributed by atoms with van der Waals surface area (Å²) in [7, 11) is -4.12. The molecule has 0 saturated heterocycles. The van der Waals surface area contributed by atoms with E-state index in [0.717, 1.165) is 38.5 Å². The highest BCUT2D eigenvalue weighted by atomic mass is 32.2. The summed E-state index contributed by atoms with van der Waals surface area (Å²) in [6.07, 6.45) is 5.43. The molecule has 0 radical (unpaired) electrons. The molecule has 8 nitrogen and oxygen atoms in total. The standard InChI is InChI=1S/C29H51NO7S/c1-6-19-22-14-18(31)9-10-28(22,4)23-15-24(32)29(5)20(7-8-21(29)25(23)26(19)33)16(2)13-17(3)27(34)30-11-12-38(35,36)37/h16-26,31-33H,6-15H2,1-5H3,(H,30,34)(H,35,36,37)/t16-,17+,18-,19-,20?,21?,22+,23?,24+,25?,26-,28+,29-/m1/s1. The molecule has 0 bridgehead atoms. The van der Waals surface area contributed by atoms with Gasteiger partial charge >= 0.3 is 0 Å². The largest absolute Gasteiger partial charge is 0.393 e. The minimum Gasteiger partial charge on any atom is -0.393 e. The summed E-state index contributed by atoms with van der Waals surface area (Å²) < 4.78 is 30.8. The van der Waals surface area contributed by atoms with Gasteiger partial charge in [-0.25, -0.2) is 0 Å². The third-order valence-corrected chi connectivity index (χ3v) is 12.8. The predicted octanol–water partition coefficient (Wildman–Crippen LogP) is 3.25. The molecule has 0 aromatic carbocycles. The Kier molecular flexibility index (Phi) is 8.68. The number of aliphatic hydroxyl groups excluding tert-OH is 3. The van der Waals surface area contributed by atoms with Gasteiger partial charge < -0.3 is 20.6 Å². The van der Waals surface area contributed by atoms with Gasteiger partial charge in [0.05, 0.1) is 24.1 Å². The van der Waals surface area contributed by atoms with Crippen LogP contribution in [0.1, 0.15) is 86.0 Å². The minimum absolute atomic E-state index is 0.0183. The molecule has 4 saturated carbocycles. The van der Waals surface area contributed by atoms with E-state index in [2.05, 4.69) is 33.0 Å². The first-order chi connectivity index (χ1) is 17.6. The Morgan fingerprint density at radius 2 is 1.71 bits per heavy atom. The number of hydrogen-bond acceptors (Lipinski definition) is 6. The van der Waals surface area contributed by atoms with E-state index in [1.165, 1.54) is 0 Å². The average Bonchev–Trinajstić information content (AvgIpc) is 3.19. The molecule has 0 spiro atoms. The van der Waals surface area contributed by atoms with Crippen molar-refractivity contribution in [3.05, 3.63) is 0 Å². The molecule has 38 heavy (non-hydrogen) atoms. The highest BCUT2D eigenvalue weighted by Gasteiger charge is 2.67. The lowest BCUT2D eigenvalue weighted by atomic mass is 9.41. The van der Waals surface area contributed by atoms with E-state index in [1.54, 1.807) is 0 Å². The SMILES string of the molecule is CC[C@H]1[C@@H](O)C2C3CCC([C@H](C)C[C@H](C)C(=O)NCCS(=O)(=O)O)[C@@]3(C)[C@@H](O)CC2[C@@]2(C)CC[C@@H](O)C[C@@H]12. The smallest absolute Gasteiger partial charge is 0.266 e. The number of hydrogen-bond donors (Lipinski definition) is 5. The first-order valence-corrected chi connectivity index (χ1v) is 16.5. The molecular formula is C29H51NO7S. The second-order valence-corrected chi connectivity index (χ2v) is 15.5. The summed E-state index contributed by atoms with van der Waals surface area (Å²) in [5, 5.41) is 36.8. The van der Waals surface area contributed by atoms with Crippen LogP contribution >= 0.6 is 0 Å². The maximum Gasteiger partial charge on any atom is 0.266 e. The van der Waals surface area contributed by atoms with Crippen molar-refractivity contribution >= 4 is 16.0 Å². The minimum atomic E-state index is -4.12. The van der Waals surface area contributed by atoms with Crippen molar-refractivity contribution in [2.45, 2.75) is 104 Å². The molecule has 4 aliphatic rings. The second kappa shape index (κ2) is 10.9. The predicted molar refractivity (Wildman–Crippen MR) is 146 cm³/mol. The van der Waals surface area contributed by atoms with Gasteiger partial charge in [0, 0.05) is 12.5 Å². The molecule has 0 aliphatic heterocycles. The fourth-order valence-electron chi connectivity index (χ4n) is 10.2. The Morgan fingerprint density at radius 1 is 1.03 bits per heavy atom. The van der Waals surface area contributed by atoms with Gasteiger partial charge in [-0.05, 0) is 97.2 Å². The Bertz CT molecular complexity index is 974. The Labute approximate surface area is 229 Å². The van der Waals surface area contributed by atoms with Gasteiger partial charge in [-0.1, -0.05) is 41.0 Å². The number of carbonyl (C=O) groups excluding carboxylic acids is 1. The van der Waals surface area contributed by atoms with Gasteiger partial charge in [0.15, 0.2) is 0 Å². The third-order valence-electron chi connectivity index (χ3n) is 12.1. The highest BCUT2D eigenvalue weighted by molar-refractivity contribution is 7.85. The molecule has 5 N–H and O–H groups in total. The molecular weight excluding hydrogens is 506 g/mol. The van der Waals surface area contributed by atoms with Gasteiger partial charge in [0.2, 0.25) is 5.91 Å². The van der Waals surface area contributed by atoms with Crippen molar-refractivity contribution < 1.29 is 33.1 Å². The molecule has 4 unspecified atom stereocenters. The molecule has 1 amide bonds. The lowest BCUT2D eigenvalue weighted by Crippen LogP contribution is -2.65. The zero-order chi connectivity index (χ0) is 28.2. The fraction of sp³-hybridized carbons (Fsp3) is 0.966. The topological polar surface area (TPSA) is 144 Å². The summed E-state index contributed by atoms with van der Waals surface area (Å²) in [6.45, 7) is 10.6. The van der Waals surface area contributed by atoms with Crippen LogP contribution in [0.5, 0.6) is 0 Å². The van der Waals surface area contributed by atoms with E-state index in [1.807, 2.05) is 6.92 Å². The average molecular weight is 558 g/mol. The molecule has 0 heterocycles. The van der Waals surface area contributed by atoms with Crippen molar-refractivity contribution in [3.63, 3.8) is 0 Å². The van der Waals surface area contributed by atoms with Crippen molar-refractivity contribution in [2.75, 3.05) is 12.3 Å². The van der Waals surface area contributed by atoms with Crippen LogP contribution in [0.25, 0.3) is 0 Å². The Hall–Kier alpha value is -0.740. The number of fused-ring (bicyclic) bond motifs is 5. The number of rotatable bonds is 8. The number of carbonyl (C=O) groups is 1. The maximum absolute atomic E-state index is 12.6. The normalized spacial score (nSPS) is 46.4. The molecule has 0 aromatic heterocycles. The van der Waals surface area contributed by atoms with E-state index < -0.39 is 28.1 Å². The molecule has 4 fully saturated rings. The molecule has 9 heteroatoms. The summed E-state index contributed by atoms with van der Waals surface area (Å²) in [5.74, 6) is 0.401. The van der Waals surface area contributed by atoms with Crippen molar-refractivity contribution in [1.29, 1.82) is 0 Å². The van der Waals surface area contributed by atoms with E-state index >= 15 is 0 Å². The molecule has 4 rings (SSSR count). The first kappa shape index (κ1) is 30.2. The Morgan fingerprint density at radius 3 is 2.34 bits per heavy atom.